The van der Waals surface area contributed by atoms with Crippen LogP contribution in [-0.4, -0.2) is 35.2 Å². The molecule has 1 heterocycles. The molecule has 0 aromatic rings. The van der Waals surface area contributed by atoms with Gasteiger partial charge in [0.15, 0.2) is 0 Å². The van der Waals surface area contributed by atoms with E-state index >= 15 is 0 Å². The molecule has 2 aliphatic rings. The molecule has 1 aliphatic heterocycles. The topological polar surface area (TPSA) is 23.5 Å². The molecule has 2 atom stereocenters. The molecule has 2 nitrogen and oxygen atoms in total. The number of β-amino-alcohol motifs (C(OH)–C–C–N with tert-alkyl or cyclic N) is 1. The fraction of sp³-hybridized carbons (Fsp3) is 1.00. The predicted octanol–water partition coefficient (Wildman–Crippen LogP) is 1.88. The largest absolute Gasteiger partial charge is 0.389 e. The summed E-state index contributed by atoms with van der Waals surface area (Å²) in [5.74, 6) is 1.87. The van der Waals surface area contributed by atoms with Gasteiger partial charge in [-0.15, -0.1) is 0 Å². The third-order valence-corrected chi connectivity index (χ3v) is 3.66. The molecule has 2 rings (SSSR count). The van der Waals surface area contributed by atoms with E-state index in [0.717, 1.165) is 18.4 Å². The summed E-state index contributed by atoms with van der Waals surface area (Å²) in [5.41, 5.74) is -0.520. The quantitative estimate of drug-likeness (QED) is 0.730. The second kappa shape index (κ2) is 3.82. The Morgan fingerprint density at radius 2 is 1.64 bits per heavy atom. The summed E-state index contributed by atoms with van der Waals surface area (Å²) in [6, 6.07) is 0. The van der Waals surface area contributed by atoms with E-state index < -0.39 is 5.60 Å². The molecule has 1 saturated carbocycles. The Kier molecular flexibility index (Phi) is 2.85. The maximum Gasteiger partial charge on any atom is 0.0718 e. The van der Waals surface area contributed by atoms with E-state index in [1.54, 1.807) is 0 Å². The van der Waals surface area contributed by atoms with Gasteiger partial charge in [0.25, 0.3) is 0 Å². The van der Waals surface area contributed by atoms with Crippen LogP contribution in [0.2, 0.25) is 0 Å². The monoisotopic (exact) mass is 197 g/mol. The first-order valence-electron chi connectivity index (χ1n) is 5.99. The van der Waals surface area contributed by atoms with Gasteiger partial charge in [-0.1, -0.05) is 12.8 Å². The molecular formula is C12H23NO. The Hall–Kier alpha value is -0.0800. The van der Waals surface area contributed by atoms with E-state index in [4.69, 9.17) is 0 Å². The molecule has 82 valence electrons. The Bertz CT molecular complexity index is 183. The summed E-state index contributed by atoms with van der Waals surface area (Å²) in [5, 5.41) is 9.77. The van der Waals surface area contributed by atoms with E-state index in [1.165, 1.54) is 38.8 Å². The fourth-order valence-electron chi connectivity index (χ4n) is 3.18. The molecule has 14 heavy (non-hydrogen) atoms. The van der Waals surface area contributed by atoms with Crippen LogP contribution >= 0.6 is 0 Å². The van der Waals surface area contributed by atoms with Crippen LogP contribution in [-0.2, 0) is 0 Å². The van der Waals surface area contributed by atoms with Crippen LogP contribution in [0.5, 0.6) is 0 Å². The third kappa shape index (κ3) is 2.48. The zero-order valence-corrected chi connectivity index (χ0v) is 9.50. The van der Waals surface area contributed by atoms with E-state index in [-0.39, 0.29) is 0 Å². The summed E-state index contributed by atoms with van der Waals surface area (Å²) < 4.78 is 0. The van der Waals surface area contributed by atoms with Crippen LogP contribution in [0.15, 0.2) is 0 Å². The first-order valence-corrected chi connectivity index (χ1v) is 5.99. The number of fused-ring (bicyclic) bond motifs is 1. The number of nitrogens with zero attached hydrogens (tertiary/aromatic N) is 1. The molecular weight excluding hydrogens is 174 g/mol. The average Bonchev–Trinajstić information content (AvgIpc) is 2.42. The van der Waals surface area contributed by atoms with Crippen molar-refractivity contribution in [3.63, 3.8) is 0 Å². The molecule has 2 heteroatoms. The van der Waals surface area contributed by atoms with Crippen molar-refractivity contribution in [1.29, 1.82) is 0 Å². The van der Waals surface area contributed by atoms with Gasteiger partial charge in [-0.2, -0.15) is 0 Å². The molecule has 0 aromatic carbocycles. The van der Waals surface area contributed by atoms with Gasteiger partial charge < -0.3 is 5.11 Å². The summed E-state index contributed by atoms with van der Waals surface area (Å²) in [6.45, 7) is 7.13. The number of rotatable bonds is 2. The lowest BCUT2D eigenvalue weighted by molar-refractivity contribution is 0.0422. The first kappa shape index (κ1) is 10.4. The predicted molar refractivity (Wildman–Crippen MR) is 58.2 cm³/mol. The standard InChI is InChI=1S/C12H23NO/c1-12(2,14)9-13-7-10-5-3-4-6-11(10)8-13/h10-11,14H,3-9H2,1-2H3. The second-order valence-electron chi connectivity index (χ2n) is 5.81. The molecule has 0 bridgehead atoms. The van der Waals surface area contributed by atoms with E-state index in [2.05, 4.69) is 4.90 Å². The number of aliphatic hydroxyl groups is 1. The van der Waals surface area contributed by atoms with Crippen LogP contribution in [0.25, 0.3) is 0 Å². The molecule has 0 spiro atoms. The van der Waals surface area contributed by atoms with Crippen molar-refractivity contribution >= 4 is 0 Å². The fourth-order valence-corrected chi connectivity index (χ4v) is 3.18. The number of hydrogen-bond donors (Lipinski definition) is 1. The van der Waals surface area contributed by atoms with E-state index in [0.29, 0.717) is 0 Å². The minimum atomic E-state index is -0.520. The maximum atomic E-state index is 9.77. The van der Waals surface area contributed by atoms with Gasteiger partial charge in [0, 0.05) is 19.6 Å². The molecule has 2 fully saturated rings. The maximum absolute atomic E-state index is 9.77. The van der Waals surface area contributed by atoms with Crippen molar-refractivity contribution in [1.82, 2.24) is 4.90 Å². The molecule has 1 aliphatic carbocycles. The van der Waals surface area contributed by atoms with Crippen molar-refractivity contribution in [2.45, 2.75) is 45.1 Å². The van der Waals surface area contributed by atoms with Gasteiger partial charge in [-0.05, 0) is 38.5 Å². The van der Waals surface area contributed by atoms with Gasteiger partial charge in [-0.3, -0.25) is 4.90 Å². The highest BCUT2D eigenvalue weighted by Crippen LogP contribution is 2.36. The molecule has 0 amide bonds. The lowest BCUT2D eigenvalue weighted by Crippen LogP contribution is -2.37. The number of likely N-dealkylation sites (tertiary alicyclic amines) is 1. The number of hydrogen-bond acceptors (Lipinski definition) is 2. The molecule has 0 radical (unpaired) electrons. The van der Waals surface area contributed by atoms with Crippen molar-refractivity contribution < 1.29 is 5.11 Å². The summed E-state index contributed by atoms with van der Waals surface area (Å²) in [4.78, 5) is 2.46. The summed E-state index contributed by atoms with van der Waals surface area (Å²) in [7, 11) is 0. The summed E-state index contributed by atoms with van der Waals surface area (Å²) >= 11 is 0. The van der Waals surface area contributed by atoms with Gasteiger partial charge in [0.05, 0.1) is 5.60 Å². The highest BCUT2D eigenvalue weighted by atomic mass is 16.3. The minimum Gasteiger partial charge on any atom is -0.389 e. The Labute approximate surface area is 87.3 Å². The highest BCUT2D eigenvalue weighted by molar-refractivity contribution is 4.88. The Balaban J connectivity index is 1.87. The van der Waals surface area contributed by atoms with Crippen molar-refractivity contribution in [3.05, 3.63) is 0 Å². The second-order valence-corrected chi connectivity index (χ2v) is 5.81. The zero-order chi connectivity index (χ0) is 10.2. The first-order chi connectivity index (χ1) is 6.54. The van der Waals surface area contributed by atoms with E-state index in [1.807, 2.05) is 13.8 Å². The zero-order valence-electron chi connectivity index (χ0n) is 9.50. The van der Waals surface area contributed by atoms with Crippen LogP contribution in [0.1, 0.15) is 39.5 Å². The molecule has 0 aromatic heterocycles. The van der Waals surface area contributed by atoms with Crippen molar-refractivity contribution in [2.75, 3.05) is 19.6 Å². The lowest BCUT2D eigenvalue weighted by Gasteiger charge is -2.25. The Morgan fingerprint density at radius 1 is 1.14 bits per heavy atom. The van der Waals surface area contributed by atoms with Gasteiger partial charge in [0.2, 0.25) is 0 Å². The van der Waals surface area contributed by atoms with Crippen LogP contribution in [0, 0.1) is 11.8 Å². The van der Waals surface area contributed by atoms with E-state index in [9.17, 15) is 5.11 Å². The minimum absolute atomic E-state index is 0.520. The van der Waals surface area contributed by atoms with Gasteiger partial charge in [-0.25, -0.2) is 0 Å². The van der Waals surface area contributed by atoms with Crippen LogP contribution in [0.4, 0.5) is 0 Å². The third-order valence-electron chi connectivity index (χ3n) is 3.66. The van der Waals surface area contributed by atoms with Crippen molar-refractivity contribution in [3.8, 4) is 0 Å². The SMILES string of the molecule is CC(C)(O)CN1CC2CCCCC2C1. The average molecular weight is 197 g/mol. The summed E-state index contributed by atoms with van der Waals surface area (Å²) in [6.07, 6.45) is 5.70. The van der Waals surface area contributed by atoms with Crippen molar-refractivity contribution in [2.24, 2.45) is 11.8 Å². The Morgan fingerprint density at radius 3 is 2.07 bits per heavy atom. The van der Waals surface area contributed by atoms with Gasteiger partial charge in [0.1, 0.15) is 0 Å². The molecule has 1 N–H and O–H groups in total. The normalized spacial score (nSPS) is 34.5. The van der Waals surface area contributed by atoms with Crippen LogP contribution in [0.3, 0.4) is 0 Å². The molecule has 2 unspecified atom stereocenters. The smallest absolute Gasteiger partial charge is 0.0718 e. The van der Waals surface area contributed by atoms with Gasteiger partial charge >= 0.3 is 0 Å². The molecule has 1 saturated heterocycles. The lowest BCUT2D eigenvalue weighted by atomic mass is 9.82. The highest BCUT2D eigenvalue weighted by Gasteiger charge is 2.35. The van der Waals surface area contributed by atoms with Crippen LogP contribution < -0.4 is 0 Å².